The molecule has 60 valence electrons. The van der Waals surface area contributed by atoms with Gasteiger partial charge in [-0.25, -0.2) is 0 Å². The van der Waals surface area contributed by atoms with E-state index < -0.39 is 0 Å². The maximum Gasteiger partial charge on any atom is 0.191 e. The number of hydrogen-bond acceptors (Lipinski definition) is 1. The Bertz CT molecular complexity index is 118. The molecule has 0 aliphatic rings. The van der Waals surface area contributed by atoms with Gasteiger partial charge in [0.05, 0.1) is 0 Å². The largest absolute Gasteiger partial charge is 0.370 e. The van der Waals surface area contributed by atoms with Crippen molar-refractivity contribution in [1.82, 2.24) is 4.90 Å². The summed E-state index contributed by atoms with van der Waals surface area (Å²) in [5, 5.41) is 0. The van der Waals surface area contributed by atoms with Gasteiger partial charge in [0.15, 0.2) is 5.96 Å². The Kier molecular flexibility index (Phi) is 3.84. The first kappa shape index (κ1) is 9.27. The molecule has 0 aromatic rings. The zero-order chi connectivity index (χ0) is 8.15. The van der Waals surface area contributed by atoms with E-state index in [1.807, 2.05) is 32.7 Å². The smallest absolute Gasteiger partial charge is 0.191 e. The number of aliphatic imine (C=N–C) groups is 1. The lowest BCUT2D eigenvalue weighted by Gasteiger charge is -2.15. The molecule has 10 heavy (non-hydrogen) atoms. The van der Waals surface area contributed by atoms with Gasteiger partial charge in [-0.2, -0.15) is 0 Å². The molecule has 0 aliphatic carbocycles. The van der Waals surface area contributed by atoms with Gasteiger partial charge in [0.2, 0.25) is 0 Å². The highest BCUT2D eigenvalue weighted by atomic mass is 15.2. The molecule has 0 saturated carbocycles. The fourth-order valence-electron chi connectivity index (χ4n) is 0.525. The van der Waals surface area contributed by atoms with Crippen LogP contribution >= 0.6 is 0 Å². The topological polar surface area (TPSA) is 41.6 Å². The highest BCUT2D eigenvalue weighted by molar-refractivity contribution is 5.77. The highest BCUT2D eigenvalue weighted by Gasteiger charge is 1.97. The van der Waals surface area contributed by atoms with Crippen LogP contribution in [-0.4, -0.2) is 30.5 Å². The van der Waals surface area contributed by atoms with Gasteiger partial charge in [-0.3, -0.25) is 4.99 Å². The molecule has 0 atom stereocenters. The Balaban J connectivity index is 3.91. The Morgan fingerprint density at radius 1 is 1.60 bits per heavy atom. The number of nitrogens with zero attached hydrogens (tertiary/aromatic N) is 2. The lowest BCUT2D eigenvalue weighted by atomic mass is 10.4. The Morgan fingerprint density at radius 2 is 2.10 bits per heavy atom. The third kappa shape index (κ3) is 3.33. The van der Waals surface area contributed by atoms with Crippen LogP contribution in [0.15, 0.2) is 4.99 Å². The van der Waals surface area contributed by atoms with Gasteiger partial charge in [-0.05, 0) is 20.8 Å². The summed E-state index contributed by atoms with van der Waals surface area (Å²) in [7, 11) is 1.93. The molecule has 0 spiro atoms. The number of rotatable bonds is 2. The van der Waals surface area contributed by atoms with E-state index in [1.54, 1.807) is 0 Å². The summed E-state index contributed by atoms with van der Waals surface area (Å²) in [5.74, 6) is 0.623. The van der Waals surface area contributed by atoms with E-state index in [-0.39, 0.29) is 6.04 Å². The molecule has 0 aliphatic heterocycles. The molecule has 0 fully saturated rings. The zero-order valence-corrected chi connectivity index (χ0v) is 7.26. The summed E-state index contributed by atoms with van der Waals surface area (Å²) >= 11 is 0. The Labute approximate surface area is 62.9 Å². The van der Waals surface area contributed by atoms with Crippen LogP contribution in [0.25, 0.3) is 0 Å². The van der Waals surface area contributed by atoms with Gasteiger partial charge in [0.1, 0.15) is 0 Å². The van der Waals surface area contributed by atoms with Crippen LogP contribution in [0.4, 0.5) is 0 Å². The van der Waals surface area contributed by atoms with Crippen LogP contribution in [-0.2, 0) is 0 Å². The van der Waals surface area contributed by atoms with Gasteiger partial charge < -0.3 is 10.6 Å². The summed E-state index contributed by atoms with van der Waals surface area (Å²) in [6.45, 7) is 6.97. The monoisotopic (exact) mass is 143 g/mol. The van der Waals surface area contributed by atoms with E-state index in [0.29, 0.717) is 5.96 Å². The van der Waals surface area contributed by atoms with Crippen molar-refractivity contribution in [1.29, 1.82) is 0 Å². The second-order valence-electron chi connectivity index (χ2n) is 2.60. The zero-order valence-electron chi connectivity index (χ0n) is 7.26. The Hall–Kier alpha value is -0.730. The van der Waals surface area contributed by atoms with E-state index in [4.69, 9.17) is 5.73 Å². The number of guanidine groups is 1. The third-order valence-electron chi connectivity index (χ3n) is 1.26. The average Bonchev–Trinajstić information content (AvgIpc) is 1.85. The van der Waals surface area contributed by atoms with Crippen molar-refractivity contribution in [2.45, 2.75) is 26.8 Å². The SMILES string of the molecule is CCN(C)C(N)=NC(C)C. The predicted molar refractivity (Wildman–Crippen MR) is 45.1 cm³/mol. The van der Waals surface area contributed by atoms with Crippen LogP contribution < -0.4 is 5.73 Å². The van der Waals surface area contributed by atoms with Gasteiger partial charge in [0.25, 0.3) is 0 Å². The third-order valence-corrected chi connectivity index (χ3v) is 1.26. The van der Waals surface area contributed by atoms with E-state index in [0.717, 1.165) is 6.54 Å². The maximum absolute atomic E-state index is 5.60. The van der Waals surface area contributed by atoms with Crippen LogP contribution in [0.1, 0.15) is 20.8 Å². The van der Waals surface area contributed by atoms with Crippen molar-refractivity contribution in [3.8, 4) is 0 Å². The first-order valence-electron chi connectivity index (χ1n) is 3.62. The summed E-state index contributed by atoms with van der Waals surface area (Å²) in [5.41, 5.74) is 5.60. The fourth-order valence-corrected chi connectivity index (χ4v) is 0.525. The minimum absolute atomic E-state index is 0.286. The number of hydrogen-bond donors (Lipinski definition) is 1. The molecule has 0 radical (unpaired) electrons. The standard InChI is InChI=1S/C7H17N3/c1-5-10(4)7(8)9-6(2)3/h6H,5H2,1-4H3,(H2,8,9). The maximum atomic E-state index is 5.60. The van der Waals surface area contributed by atoms with Crippen LogP contribution in [0, 0.1) is 0 Å². The summed E-state index contributed by atoms with van der Waals surface area (Å²) < 4.78 is 0. The van der Waals surface area contributed by atoms with Gasteiger partial charge >= 0.3 is 0 Å². The summed E-state index contributed by atoms with van der Waals surface area (Å²) in [6, 6.07) is 0.286. The molecule has 3 heteroatoms. The van der Waals surface area contributed by atoms with Gasteiger partial charge in [-0.15, -0.1) is 0 Å². The lowest BCUT2D eigenvalue weighted by molar-refractivity contribution is 0.522. The van der Waals surface area contributed by atoms with Crippen LogP contribution in [0.5, 0.6) is 0 Å². The van der Waals surface area contributed by atoms with Gasteiger partial charge in [0, 0.05) is 19.6 Å². The van der Waals surface area contributed by atoms with Crippen LogP contribution in [0.2, 0.25) is 0 Å². The quantitative estimate of drug-likeness (QED) is 0.456. The molecule has 0 bridgehead atoms. The summed E-state index contributed by atoms with van der Waals surface area (Å²) in [4.78, 5) is 6.09. The molecule has 0 aromatic carbocycles. The van der Waals surface area contributed by atoms with Crippen molar-refractivity contribution in [3.63, 3.8) is 0 Å². The molecule has 3 nitrogen and oxygen atoms in total. The highest BCUT2D eigenvalue weighted by Crippen LogP contribution is 1.88. The Morgan fingerprint density at radius 3 is 2.40 bits per heavy atom. The first-order valence-corrected chi connectivity index (χ1v) is 3.62. The molecule has 0 saturated heterocycles. The molecular formula is C7H17N3. The molecule has 0 amide bonds. The molecule has 0 unspecified atom stereocenters. The van der Waals surface area contributed by atoms with Gasteiger partial charge in [-0.1, -0.05) is 0 Å². The van der Waals surface area contributed by atoms with Crippen molar-refractivity contribution in [2.24, 2.45) is 10.7 Å². The molecular weight excluding hydrogens is 126 g/mol. The normalized spacial score (nSPS) is 12.3. The first-order chi connectivity index (χ1) is 4.57. The van der Waals surface area contributed by atoms with E-state index >= 15 is 0 Å². The molecule has 0 aromatic heterocycles. The van der Waals surface area contributed by atoms with Crippen molar-refractivity contribution in [3.05, 3.63) is 0 Å². The lowest BCUT2D eigenvalue weighted by Crippen LogP contribution is -2.34. The number of nitrogens with two attached hydrogens (primary N) is 1. The van der Waals surface area contributed by atoms with Crippen molar-refractivity contribution < 1.29 is 0 Å². The molecule has 0 rings (SSSR count). The second kappa shape index (κ2) is 4.14. The molecule has 2 N–H and O–H groups in total. The van der Waals surface area contributed by atoms with E-state index in [2.05, 4.69) is 4.99 Å². The van der Waals surface area contributed by atoms with Crippen LogP contribution in [0.3, 0.4) is 0 Å². The van der Waals surface area contributed by atoms with E-state index in [9.17, 15) is 0 Å². The average molecular weight is 143 g/mol. The van der Waals surface area contributed by atoms with Crippen molar-refractivity contribution in [2.75, 3.05) is 13.6 Å². The van der Waals surface area contributed by atoms with E-state index in [1.165, 1.54) is 0 Å². The minimum atomic E-state index is 0.286. The second-order valence-corrected chi connectivity index (χ2v) is 2.60. The fraction of sp³-hybridized carbons (Fsp3) is 0.857. The summed E-state index contributed by atoms with van der Waals surface area (Å²) in [6.07, 6.45) is 0. The predicted octanol–water partition coefficient (Wildman–Crippen LogP) is 0.661. The molecule has 0 heterocycles. The van der Waals surface area contributed by atoms with Crippen molar-refractivity contribution >= 4 is 5.96 Å². The minimum Gasteiger partial charge on any atom is -0.370 e.